The van der Waals surface area contributed by atoms with Gasteiger partial charge < -0.3 is 15.7 Å². The predicted octanol–water partition coefficient (Wildman–Crippen LogP) is -0.271. The molecule has 0 aromatic heterocycles. The van der Waals surface area contributed by atoms with Crippen molar-refractivity contribution < 1.29 is 9.90 Å². The van der Waals surface area contributed by atoms with E-state index in [1.165, 1.54) is 0 Å². The molecule has 13 heavy (non-hydrogen) atoms. The van der Waals surface area contributed by atoms with Crippen LogP contribution in [0.15, 0.2) is 0 Å². The van der Waals surface area contributed by atoms with Gasteiger partial charge in [-0.3, -0.25) is 4.79 Å². The van der Waals surface area contributed by atoms with Gasteiger partial charge >= 0.3 is 0 Å². The number of rotatable bonds is 6. The van der Waals surface area contributed by atoms with Crippen LogP contribution >= 0.6 is 0 Å². The summed E-state index contributed by atoms with van der Waals surface area (Å²) in [5, 5.41) is 14.3. The molecule has 4 nitrogen and oxygen atoms in total. The molecule has 2 unspecified atom stereocenters. The second-order valence-electron chi connectivity index (χ2n) is 3.36. The quantitative estimate of drug-likeness (QED) is 0.537. The molecule has 0 aromatic rings. The topological polar surface area (TPSA) is 61.4 Å². The fourth-order valence-corrected chi connectivity index (χ4v) is 1.01. The van der Waals surface area contributed by atoms with Crippen molar-refractivity contribution in [2.75, 3.05) is 20.2 Å². The van der Waals surface area contributed by atoms with E-state index in [-0.39, 0.29) is 18.6 Å². The number of hydrogen-bond acceptors (Lipinski definition) is 3. The third kappa shape index (κ3) is 5.60. The van der Waals surface area contributed by atoms with Crippen LogP contribution in [-0.2, 0) is 4.79 Å². The minimum atomic E-state index is -0.161. The van der Waals surface area contributed by atoms with Gasteiger partial charge in [0.25, 0.3) is 0 Å². The summed E-state index contributed by atoms with van der Waals surface area (Å²) in [5.41, 5.74) is 0. The van der Waals surface area contributed by atoms with Crippen molar-refractivity contribution in [2.45, 2.75) is 26.3 Å². The van der Waals surface area contributed by atoms with Gasteiger partial charge in [0, 0.05) is 13.7 Å². The molecule has 1 amide bonds. The lowest BCUT2D eigenvalue weighted by Gasteiger charge is -2.15. The number of carbonyl (C=O) groups is 1. The third-order valence-corrected chi connectivity index (χ3v) is 2.03. The summed E-state index contributed by atoms with van der Waals surface area (Å²) in [7, 11) is 1.62. The van der Waals surface area contributed by atoms with E-state index in [2.05, 4.69) is 10.6 Å². The molecule has 0 bridgehead atoms. The van der Waals surface area contributed by atoms with E-state index >= 15 is 0 Å². The normalized spacial score (nSPS) is 15.1. The molecule has 4 heteroatoms. The fourth-order valence-electron chi connectivity index (χ4n) is 1.01. The Morgan fingerprint density at radius 3 is 2.54 bits per heavy atom. The van der Waals surface area contributed by atoms with Gasteiger partial charge in [-0.1, -0.05) is 6.92 Å². The Labute approximate surface area is 79.7 Å². The van der Waals surface area contributed by atoms with E-state index < -0.39 is 0 Å². The number of aliphatic hydroxyl groups excluding tert-OH is 1. The lowest BCUT2D eigenvalue weighted by atomic mass is 10.1. The maximum atomic E-state index is 11.1. The predicted molar refractivity (Wildman–Crippen MR) is 52.4 cm³/mol. The summed E-state index contributed by atoms with van der Waals surface area (Å²) in [6.45, 7) is 4.83. The lowest BCUT2D eigenvalue weighted by molar-refractivity contribution is -0.122. The number of aliphatic hydroxyl groups is 1. The van der Waals surface area contributed by atoms with Crippen molar-refractivity contribution in [3.8, 4) is 0 Å². The van der Waals surface area contributed by atoms with E-state index in [9.17, 15) is 4.79 Å². The number of carbonyl (C=O) groups excluding carboxylic acids is 1. The second-order valence-corrected chi connectivity index (χ2v) is 3.36. The van der Waals surface area contributed by atoms with Crippen molar-refractivity contribution in [3.05, 3.63) is 0 Å². The number of nitrogens with one attached hydrogen (secondary N) is 2. The van der Waals surface area contributed by atoms with Crippen LogP contribution in [0.3, 0.4) is 0 Å². The van der Waals surface area contributed by atoms with E-state index in [1.54, 1.807) is 7.05 Å². The summed E-state index contributed by atoms with van der Waals surface area (Å²) in [6.07, 6.45) is 0.771. The zero-order chi connectivity index (χ0) is 10.3. The number of amides is 1. The summed E-state index contributed by atoms with van der Waals surface area (Å²) >= 11 is 0. The van der Waals surface area contributed by atoms with Crippen LogP contribution in [0, 0.1) is 5.92 Å². The van der Waals surface area contributed by atoms with Crippen LogP contribution in [0.1, 0.15) is 20.3 Å². The largest absolute Gasteiger partial charge is 0.396 e. The van der Waals surface area contributed by atoms with Gasteiger partial charge in [0.1, 0.15) is 0 Å². The minimum absolute atomic E-state index is 0.00352. The summed E-state index contributed by atoms with van der Waals surface area (Å²) in [4.78, 5) is 11.1. The van der Waals surface area contributed by atoms with Gasteiger partial charge in [-0.25, -0.2) is 0 Å². The molecule has 0 radical (unpaired) electrons. The highest BCUT2D eigenvalue weighted by atomic mass is 16.3. The molecular formula is C9H20N2O2. The van der Waals surface area contributed by atoms with Gasteiger partial charge in [0.2, 0.25) is 5.91 Å². The maximum Gasteiger partial charge on any atom is 0.236 e. The first-order valence-corrected chi connectivity index (χ1v) is 4.67. The first-order chi connectivity index (χ1) is 6.11. The van der Waals surface area contributed by atoms with Crippen molar-refractivity contribution in [1.82, 2.24) is 10.6 Å². The Hall–Kier alpha value is -0.610. The Balaban J connectivity index is 3.56. The fraction of sp³-hybridized carbons (Fsp3) is 0.889. The van der Waals surface area contributed by atoms with E-state index in [4.69, 9.17) is 5.11 Å². The molecule has 0 fully saturated rings. The van der Waals surface area contributed by atoms with Crippen LogP contribution < -0.4 is 10.6 Å². The second kappa shape index (κ2) is 6.86. The first-order valence-electron chi connectivity index (χ1n) is 4.67. The van der Waals surface area contributed by atoms with Gasteiger partial charge in [0.05, 0.1) is 6.04 Å². The van der Waals surface area contributed by atoms with Gasteiger partial charge in [-0.05, 0) is 25.8 Å². The Morgan fingerprint density at radius 2 is 2.08 bits per heavy atom. The third-order valence-electron chi connectivity index (χ3n) is 2.03. The van der Waals surface area contributed by atoms with Crippen LogP contribution in [-0.4, -0.2) is 37.3 Å². The highest BCUT2D eigenvalue weighted by molar-refractivity contribution is 5.80. The van der Waals surface area contributed by atoms with E-state index in [1.807, 2.05) is 13.8 Å². The molecule has 0 aliphatic rings. The van der Waals surface area contributed by atoms with Gasteiger partial charge in [0.15, 0.2) is 0 Å². The Morgan fingerprint density at radius 1 is 1.46 bits per heavy atom. The number of likely N-dealkylation sites (N-methyl/N-ethyl adjacent to an activating group) is 1. The average molecular weight is 188 g/mol. The molecule has 0 saturated heterocycles. The Bertz CT molecular complexity index is 151. The maximum absolute atomic E-state index is 11.1. The van der Waals surface area contributed by atoms with Gasteiger partial charge in [-0.2, -0.15) is 0 Å². The molecule has 0 saturated carbocycles. The smallest absolute Gasteiger partial charge is 0.236 e. The van der Waals surface area contributed by atoms with Crippen LogP contribution in [0.25, 0.3) is 0 Å². The van der Waals surface area contributed by atoms with Crippen LogP contribution in [0.2, 0.25) is 0 Å². The monoisotopic (exact) mass is 188 g/mol. The standard InChI is InChI=1S/C9H20N2O2/c1-7(4-5-12)6-11-8(2)9(13)10-3/h7-8,11-12H,4-6H2,1-3H3,(H,10,13). The summed E-state index contributed by atoms with van der Waals surface area (Å²) in [6, 6.07) is -0.161. The van der Waals surface area contributed by atoms with Crippen LogP contribution in [0.4, 0.5) is 0 Å². The summed E-state index contributed by atoms with van der Waals surface area (Å²) < 4.78 is 0. The minimum Gasteiger partial charge on any atom is -0.396 e. The highest BCUT2D eigenvalue weighted by Crippen LogP contribution is 1.98. The summed E-state index contributed by atoms with van der Waals surface area (Å²) in [5.74, 6) is 0.397. The van der Waals surface area contributed by atoms with Crippen molar-refractivity contribution >= 4 is 5.91 Å². The van der Waals surface area contributed by atoms with Crippen molar-refractivity contribution in [1.29, 1.82) is 0 Å². The average Bonchev–Trinajstić information content (AvgIpc) is 2.13. The van der Waals surface area contributed by atoms with Crippen LogP contribution in [0.5, 0.6) is 0 Å². The highest BCUT2D eigenvalue weighted by Gasteiger charge is 2.10. The zero-order valence-electron chi connectivity index (χ0n) is 8.63. The molecular weight excluding hydrogens is 168 g/mol. The molecule has 0 aliphatic carbocycles. The van der Waals surface area contributed by atoms with Gasteiger partial charge in [-0.15, -0.1) is 0 Å². The molecule has 0 aliphatic heterocycles. The zero-order valence-corrected chi connectivity index (χ0v) is 8.63. The van der Waals surface area contributed by atoms with E-state index in [0.717, 1.165) is 13.0 Å². The Kier molecular flexibility index (Phi) is 6.54. The molecule has 3 N–H and O–H groups in total. The van der Waals surface area contributed by atoms with E-state index in [0.29, 0.717) is 5.92 Å². The first kappa shape index (κ1) is 12.4. The molecule has 2 atom stereocenters. The molecule has 0 rings (SSSR count). The van der Waals surface area contributed by atoms with Crippen molar-refractivity contribution in [2.24, 2.45) is 5.92 Å². The number of hydrogen-bond donors (Lipinski definition) is 3. The molecule has 78 valence electrons. The molecule has 0 heterocycles. The SMILES string of the molecule is CNC(=O)C(C)NCC(C)CCO. The molecule has 0 spiro atoms. The lowest BCUT2D eigenvalue weighted by Crippen LogP contribution is -2.42. The molecule has 0 aromatic carbocycles. The van der Waals surface area contributed by atoms with Crippen molar-refractivity contribution in [3.63, 3.8) is 0 Å².